The van der Waals surface area contributed by atoms with Crippen molar-refractivity contribution in [3.05, 3.63) is 54.2 Å². The molecule has 3 N–H and O–H groups in total. The van der Waals surface area contributed by atoms with E-state index in [2.05, 4.69) is 25.7 Å². The highest BCUT2D eigenvalue weighted by Crippen LogP contribution is 2.19. The highest BCUT2D eigenvalue weighted by Gasteiger charge is 2.14. The van der Waals surface area contributed by atoms with Gasteiger partial charge in [-0.2, -0.15) is 10.1 Å². The molecule has 0 spiro atoms. The Bertz CT molecular complexity index is 1070. The Hall–Kier alpha value is -3.05. The second-order valence-corrected chi connectivity index (χ2v) is 7.95. The van der Waals surface area contributed by atoms with Crippen LogP contribution in [-0.2, 0) is 22.9 Å². The van der Waals surface area contributed by atoms with Gasteiger partial charge in [0, 0.05) is 19.0 Å². The molecule has 9 nitrogen and oxygen atoms in total. The molecule has 3 aromatic rings. The van der Waals surface area contributed by atoms with Crippen LogP contribution in [0.1, 0.15) is 5.56 Å². The number of aliphatic hydroxyl groups is 1. The van der Waals surface area contributed by atoms with Gasteiger partial charge in [0.1, 0.15) is 0 Å². The molecule has 0 aliphatic carbocycles. The summed E-state index contributed by atoms with van der Waals surface area (Å²) >= 11 is 0. The molecule has 0 bridgehead atoms. The molecular weight excluding hydrogens is 387 g/mol. The second-order valence-electron chi connectivity index (χ2n) is 5.96. The highest BCUT2D eigenvalue weighted by atomic mass is 32.2. The van der Waals surface area contributed by atoms with Gasteiger partial charge in [-0.1, -0.05) is 18.2 Å². The highest BCUT2D eigenvalue weighted by molar-refractivity contribution is 7.90. The van der Waals surface area contributed by atoms with E-state index in [0.29, 0.717) is 17.8 Å². The van der Waals surface area contributed by atoms with E-state index < -0.39 is 15.7 Å². The molecule has 3 rings (SSSR count). The van der Waals surface area contributed by atoms with Crippen LogP contribution in [0.4, 0.5) is 21.8 Å². The van der Waals surface area contributed by atoms with E-state index in [1.807, 2.05) is 0 Å². The van der Waals surface area contributed by atoms with Crippen LogP contribution >= 0.6 is 0 Å². The van der Waals surface area contributed by atoms with Crippen molar-refractivity contribution < 1.29 is 17.9 Å². The number of nitrogens with zero attached hydrogens (tertiary/aromatic N) is 4. The molecule has 0 unspecified atom stereocenters. The molecular formula is C17H19FN6O3S. The minimum atomic E-state index is -3.41. The Balaban J connectivity index is 1.75. The number of aliphatic hydroxyl groups excluding tert-OH is 1. The van der Waals surface area contributed by atoms with E-state index in [-0.39, 0.29) is 29.8 Å². The Kier molecular flexibility index (Phi) is 5.85. The summed E-state index contributed by atoms with van der Waals surface area (Å²) in [4.78, 5) is 8.14. The van der Waals surface area contributed by atoms with Crippen molar-refractivity contribution in [3.63, 3.8) is 0 Å². The number of sulfone groups is 1. The standard InChI is InChI=1S/C17H19FN6O3S/c1-28(26,27)15-5-3-2-4-12(15)8-19-16-14(18)10-20-17(23-16)22-13-9-21-24(11-13)6-7-25/h2-5,9-11,25H,6-8H2,1H3,(H2,19,20,22,23). The topological polar surface area (TPSA) is 122 Å². The molecule has 0 saturated carbocycles. The van der Waals surface area contributed by atoms with E-state index in [1.165, 1.54) is 16.9 Å². The Morgan fingerprint density at radius 1 is 1.25 bits per heavy atom. The zero-order valence-electron chi connectivity index (χ0n) is 15.0. The number of aromatic nitrogens is 4. The van der Waals surface area contributed by atoms with Gasteiger partial charge in [-0.25, -0.2) is 17.8 Å². The molecule has 0 radical (unpaired) electrons. The van der Waals surface area contributed by atoms with Crippen molar-refractivity contribution in [1.29, 1.82) is 0 Å². The summed E-state index contributed by atoms with van der Waals surface area (Å²) in [5, 5.41) is 18.7. The molecule has 148 valence electrons. The maximum absolute atomic E-state index is 14.1. The van der Waals surface area contributed by atoms with Gasteiger partial charge in [0.05, 0.1) is 36.1 Å². The normalized spacial score (nSPS) is 11.4. The van der Waals surface area contributed by atoms with E-state index in [4.69, 9.17) is 5.11 Å². The van der Waals surface area contributed by atoms with E-state index in [0.717, 1.165) is 12.5 Å². The predicted octanol–water partition coefficient (Wildman–Crippen LogP) is 1.56. The number of nitrogens with one attached hydrogen (secondary N) is 2. The zero-order valence-corrected chi connectivity index (χ0v) is 15.8. The summed E-state index contributed by atoms with van der Waals surface area (Å²) < 4.78 is 39.4. The Labute approximate surface area is 161 Å². The van der Waals surface area contributed by atoms with Crippen molar-refractivity contribution in [2.75, 3.05) is 23.5 Å². The quantitative estimate of drug-likeness (QED) is 0.515. The number of benzene rings is 1. The van der Waals surface area contributed by atoms with Crippen LogP contribution in [0.3, 0.4) is 0 Å². The number of rotatable bonds is 8. The molecule has 28 heavy (non-hydrogen) atoms. The van der Waals surface area contributed by atoms with Crippen LogP contribution in [0.25, 0.3) is 0 Å². The maximum Gasteiger partial charge on any atom is 0.229 e. The molecule has 2 heterocycles. The van der Waals surface area contributed by atoms with Gasteiger partial charge >= 0.3 is 0 Å². The van der Waals surface area contributed by atoms with Gasteiger partial charge in [-0.15, -0.1) is 0 Å². The van der Waals surface area contributed by atoms with E-state index in [1.54, 1.807) is 24.4 Å². The molecule has 11 heteroatoms. The van der Waals surface area contributed by atoms with Gasteiger partial charge < -0.3 is 15.7 Å². The molecule has 2 aromatic heterocycles. The van der Waals surface area contributed by atoms with Crippen LogP contribution in [-0.4, -0.2) is 46.1 Å². The average molecular weight is 406 g/mol. The van der Waals surface area contributed by atoms with Gasteiger partial charge in [0.25, 0.3) is 0 Å². The monoisotopic (exact) mass is 406 g/mol. The summed E-state index contributed by atoms with van der Waals surface area (Å²) in [5.41, 5.74) is 1.08. The lowest BCUT2D eigenvalue weighted by molar-refractivity contribution is 0.269. The number of hydrogen-bond donors (Lipinski definition) is 3. The van der Waals surface area contributed by atoms with Gasteiger partial charge in [0.15, 0.2) is 21.5 Å². The third kappa shape index (κ3) is 4.81. The first-order valence-electron chi connectivity index (χ1n) is 8.31. The van der Waals surface area contributed by atoms with Crippen LogP contribution in [0, 0.1) is 5.82 Å². The number of halogens is 1. The molecule has 0 aliphatic rings. The number of anilines is 3. The summed E-state index contributed by atoms with van der Waals surface area (Å²) in [6, 6.07) is 6.49. The predicted molar refractivity (Wildman–Crippen MR) is 101 cm³/mol. The van der Waals surface area contributed by atoms with Crippen LogP contribution < -0.4 is 10.6 Å². The minimum Gasteiger partial charge on any atom is -0.394 e. The largest absolute Gasteiger partial charge is 0.394 e. The summed E-state index contributed by atoms with van der Waals surface area (Å²) in [5.74, 6) is -0.592. The molecule has 0 atom stereocenters. The average Bonchev–Trinajstić information content (AvgIpc) is 3.09. The molecule has 0 fully saturated rings. The third-order valence-electron chi connectivity index (χ3n) is 3.78. The first kappa shape index (κ1) is 19.7. The van der Waals surface area contributed by atoms with Crippen LogP contribution in [0.5, 0.6) is 0 Å². The van der Waals surface area contributed by atoms with E-state index in [9.17, 15) is 12.8 Å². The fourth-order valence-corrected chi connectivity index (χ4v) is 3.47. The summed E-state index contributed by atoms with van der Waals surface area (Å²) in [7, 11) is -3.41. The summed E-state index contributed by atoms with van der Waals surface area (Å²) in [6.45, 7) is 0.376. The SMILES string of the molecule is CS(=O)(=O)c1ccccc1CNc1nc(Nc2cnn(CCO)c2)ncc1F. The maximum atomic E-state index is 14.1. The van der Waals surface area contributed by atoms with E-state index >= 15 is 0 Å². The van der Waals surface area contributed by atoms with Gasteiger partial charge in [-0.05, 0) is 11.6 Å². The fourth-order valence-electron chi connectivity index (χ4n) is 2.52. The fraction of sp³-hybridized carbons (Fsp3) is 0.235. The molecule has 0 aliphatic heterocycles. The van der Waals surface area contributed by atoms with Crippen molar-refractivity contribution in [1.82, 2.24) is 19.7 Å². The van der Waals surface area contributed by atoms with Crippen molar-refractivity contribution in [3.8, 4) is 0 Å². The zero-order chi connectivity index (χ0) is 20.1. The first-order valence-corrected chi connectivity index (χ1v) is 10.2. The molecule has 0 saturated heterocycles. The van der Waals surface area contributed by atoms with Crippen molar-refractivity contribution >= 4 is 27.3 Å². The Morgan fingerprint density at radius 2 is 2.04 bits per heavy atom. The van der Waals surface area contributed by atoms with Crippen LogP contribution in [0.15, 0.2) is 47.8 Å². The van der Waals surface area contributed by atoms with Gasteiger partial charge in [-0.3, -0.25) is 4.68 Å². The lowest BCUT2D eigenvalue weighted by atomic mass is 10.2. The summed E-state index contributed by atoms with van der Waals surface area (Å²) in [6.07, 6.45) is 5.31. The Morgan fingerprint density at radius 3 is 2.79 bits per heavy atom. The third-order valence-corrected chi connectivity index (χ3v) is 4.98. The lowest BCUT2D eigenvalue weighted by Crippen LogP contribution is -2.10. The number of hydrogen-bond acceptors (Lipinski definition) is 8. The van der Waals surface area contributed by atoms with Crippen molar-refractivity contribution in [2.45, 2.75) is 18.0 Å². The van der Waals surface area contributed by atoms with Crippen LogP contribution in [0.2, 0.25) is 0 Å². The molecule has 0 amide bonds. The first-order chi connectivity index (χ1) is 13.4. The van der Waals surface area contributed by atoms with Crippen molar-refractivity contribution in [2.24, 2.45) is 0 Å². The minimum absolute atomic E-state index is 0.0445. The lowest BCUT2D eigenvalue weighted by Gasteiger charge is -2.11. The second kappa shape index (κ2) is 8.31. The van der Waals surface area contributed by atoms with Gasteiger partial charge in [0.2, 0.25) is 5.95 Å². The smallest absolute Gasteiger partial charge is 0.229 e. The molecule has 1 aromatic carbocycles.